The Morgan fingerprint density at radius 1 is 1.07 bits per heavy atom. The third-order valence-corrected chi connectivity index (χ3v) is 5.15. The normalized spacial score (nSPS) is 12.2. The van der Waals surface area contributed by atoms with E-state index in [1.807, 2.05) is 27.9 Å². The van der Waals surface area contributed by atoms with Crippen molar-refractivity contribution in [3.63, 3.8) is 0 Å². The molecular weight excluding hydrogens is 336 g/mol. The van der Waals surface area contributed by atoms with Crippen LogP contribution in [0.1, 0.15) is 34.2 Å². The van der Waals surface area contributed by atoms with Gasteiger partial charge in [-0.25, -0.2) is 0 Å². The lowest BCUT2D eigenvalue weighted by molar-refractivity contribution is -0.121. The highest BCUT2D eigenvalue weighted by Crippen LogP contribution is 2.22. The van der Waals surface area contributed by atoms with Gasteiger partial charge in [0.25, 0.3) is 0 Å². The van der Waals surface area contributed by atoms with Crippen LogP contribution in [-0.2, 0) is 17.6 Å². The third kappa shape index (κ3) is 6.40. The van der Waals surface area contributed by atoms with Gasteiger partial charge < -0.3 is 15.3 Å². The second kappa shape index (κ2) is 9.56. The molecule has 0 spiro atoms. The summed E-state index contributed by atoms with van der Waals surface area (Å²) in [6, 6.07) is 12.1. The summed E-state index contributed by atoms with van der Waals surface area (Å²) in [4.78, 5) is 14.4. The van der Waals surface area contributed by atoms with Gasteiger partial charge in [0.2, 0.25) is 5.91 Å². The largest absolute Gasteiger partial charge is 0.508 e. The van der Waals surface area contributed by atoms with Gasteiger partial charge in [0, 0.05) is 19.0 Å². The van der Waals surface area contributed by atoms with Crippen molar-refractivity contribution >= 4 is 5.91 Å². The van der Waals surface area contributed by atoms with Crippen molar-refractivity contribution in [1.82, 2.24) is 10.2 Å². The first-order valence-electron chi connectivity index (χ1n) is 9.54. The van der Waals surface area contributed by atoms with Crippen LogP contribution in [0.2, 0.25) is 0 Å². The summed E-state index contributed by atoms with van der Waals surface area (Å²) in [7, 11) is 4.07. The van der Waals surface area contributed by atoms with Crippen molar-refractivity contribution in [2.24, 2.45) is 0 Å². The molecule has 4 heteroatoms. The molecule has 146 valence electrons. The second-order valence-electron chi connectivity index (χ2n) is 7.67. The molecule has 0 heterocycles. The second-order valence-corrected chi connectivity index (χ2v) is 7.67. The van der Waals surface area contributed by atoms with E-state index < -0.39 is 0 Å². The molecule has 0 saturated carbocycles. The monoisotopic (exact) mass is 368 g/mol. The number of hydrogen-bond donors (Lipinski definition) is 2. The van der Waals surface area contributed by atoms with Gasteiger partial charge in [-0.05, 0) is 82.1 Å². The standard InChI is InChI=1S/C23H32N2O2/c1-16-6-8-19(9-7-16)10-11-23(27)24-15-20(25(4)5)14-22-17(2)12-21(26)13-18(22)3/h6-9,12-13,20,26H,10-11,14-15H2,1-5H3,(H,24,27). The minimum absolute atomic E-state index is 0.0848. The van der Waals surface area contributed by atoms with Crippen molar-refractivity contribution in [1.29, 1.82) is 0 Å². The lowest BCUT2D eigenvalue weighted by atomic mass is 9.95. The number of nitrogens with one attached hydrogen (secondary N) is 1. The average Bonchev–Trinajstić information content (AvgIpc) is 2.59. The van der Waals surface area contributed by atoms with Crippen LogP contribution < -0.4 is 5.32 Å². The van der Waals surface area contributed by atoms with Crippen molar-refractivity contribution in [2.75, 3.05) is 20.6 Å². The number of carbonyl (C=O) groups excluding carboxylic acids is 1. The molecule has 2 rings (SSSR count). The quantitative estimate of drug-likeness (QED) is 0.749. The van der Waals surface area contributed by atoms with Crippen LogP contribution in [0.4, 0.5) is 0 Å². The fraction of sp³-hybridized carbons (Fsp3) is 0.435. The van der Waals surface area contributed by atoms with E-state index in [1.54, 1.807) is 12.1 Å². The van der Waals surface area contributed by atoms with Crippen molar-refractivity contribution in [3.05, 3.63) is 64.2 Å². The van der Waals surface area contributed by atoms with Crippen LogP contribution in [-0.4, -0.2) is 42.6 Å². The number of rotatable bonds is 8. The fourth-order valence-corrected chi connectivity index (χ4v) is 3.30. The number of carbonyl (C=O) groups is 1. The first-order valence-corrected chi connectivity index (χ1v) is 9.54. The summed E-state index contributed by atoms with van der Waals surface area (Å²) in [5.74, 6) is 0.390. The van der Waals surface area contributed by atoms with E-state index in [1.165, 1.54) is 16.7 Å². The summed E-state index contributed by atoms with van der Waals surface area (Å²) in [6.45, 7) is 6.72. The number of phenols is 1. The zero-order chi connectivity index (χ0) is 20.0. The maximum Gasteiger partial charge on any atom is 0.220 e. The van der Waals surface area contributed by atoms with E-state index in [0.29, 0.717) is 18.7 Å². The Balaban J connectivity index is 1.90. The molecule has 0 aliphatic carbocycles. The van der Waals surface area contributed by atoms with Crippen molar-refractivity contribution in [3.8, 4) is 5.75 Å². The molecule has 1 unspecified atom stereocenters. The van der Waals surface area contributed by atoms with Gasteiger partial charge in [-0.15, -0.1) is 0 Å². The van der Waals surface area contributed by atoms with Crippen LogP contribution in [0, 0.1) is 20.8 Å². The number of benzene rings is 2. The molecule has 0 bridgehead atoms. The smallest absolute Gasteiger partial charge is 0.220 e. The summed E-state index contributed by atoms with van der Waals surface area (Å²) < 4.78 is 0. The maximum absolute atomic E-state index is 12.3. The van der Waals surface area contributed by atoms with Gasteiger partial charge in [0.05, 0.1) is 0 Å². The zero-order valence-corrected chi connectivity index (χ0v) is 17.2. The molecule has 1 atom stereocenters. The Morgan fingerprint density at radius 3 is 2.22 bits per heavy atom. The molecule has 27 heavy (non-hydrogen) atoms. The fourth-order valence-electron chi connectivity index (χ4n) is 3.30. The lowest BCUT2D eigenvalue weighted by Crippen LogP contribution is -2.41. The number of aromatic hydroxyl groups is 1. The number of aryl methyl sites for hydroxylation is 4. The number of hydrogen-bond acceptors (Lipinski definition) is 3. The summed E-state index contributed by atoms with van der Waals surface area (Å²) in [6.07, 6.45) is 2.10. The van der Waals surface area contributed by atoms with Crippen LogP contribution >= 0.6 is 0 Å². The van der Waals surface area contributed by atoms with Crippen LogP contribution in [0.25, 0.3) is 0 Å². The Kier molecular flexibility index (Phi) is 7.43. The summed E-state index contributed by atoms with van der Waals surface area (Å²) in [5.41, 5.74) is 5.84. The average molecular weight is 369 g/mol. The minimum atomic E-state index is 0.0848. The molecule has 0 aromatic heterocycles. The highest BCUT2D eigenvalue weighted by Gasteiger charge is 2.16. The Hall–Kier alpha value is -2.33. The number of nitrogens with zero attached hydrogens (tertiary/aromatic N) is 1. The van der Waals surface area contributed by atoms with Gasteiger partial charge in [0.1, 0.15) is 5.75 Å². The topological polar surface area (TPSA) is 52.6 Å². The summed E-state index contributed by atoms with van der Waals surface area (Å²) >= 11 is 0. The molecule has 0 fully saturated rings. The SMILES string of the molecule is Cc1ccc(CCC(=O)NCC(Cc2c(C)cc(O)cc2C)N(C)C)cc1. The van der Waals surface area contributed by atoms with Gasteiger partial charge in [0.15, 0.2) is 0 Å². The van der Waals surface area contributed by atoms with Gasteiger partial charge >= 0.3 is 0 Å². The molecule has 0 aliphatic rings. The number of phenolic OH excluding ortho intramolecular Hbond substituents is 1. The lowest BCUT2D eigenvalue weighted by Gasteiger charge is -2.26. The predicted molar refractivity (Wildman–Crippen MR) is 111 cm³/mol. The van der Waals surface area contributed by atoms with Gasteiger partial charge in [-0.2, -0.15) is 0 Å². The summed E-state index contributed by atoms with van der Waals surface area (Å²) in [5, 5.41) is 12.8. The maximum atomic E-state index is 12.3. The Bertz CT molecular complexity index is 743. The van der Waals surface area contributed by atoms with Crippen LogP contribution in [0.5, 0.6) is 5.75 Å². The third-order valence-electron chi connectivity index (χ3n) is 5.15. The molecule has 2 aromatic carbocycles. The van der Waals surface area contributed by atoms with E-state index in [4.69, 9.17) is 0 Å². The molecule has 0 radical (unpaired) electrons. The molecule has 2 N–H and O–H groups in total. The van der Waals surface area contributed by atoms with E-state index in [2.05, 4.69) is 41.4 Å². The molecule has 0 aliphatic heterocycles. The minimum Gasteiger partial charge on any atom is -0.508 e. The highest BCUT2D eigenvalue weighted by molar-refractivity contribution is 5.76. The molecule has 2 aromatic rings. The number of amides is 1. The first kappa shape index (κ1) is 21.0. The molecule has 0 saturated heterocycles. The first-order chi connectivity index (χ1) is 12.8. The Morgan fingerprint density at radius 2 is 1.67 bits per heavy atom. The van der Waals surface area contributed by atoms with E-state index in [0.717, 1.165) is 24.0 Å². The van der Waals surface area contributed by atoms with Crippen LogP contribution in [0.15, 0.2) is 36.4 Å². The van der Waals surface area contributed by atoms with Crippen molar-refractivity contribution in [2.45, 2.75) is 46.1 Å². The van der Waals surface area contributed by atoms with E-state index in [9.17, 15) is 9.90 Å². The predicted octanol–water partition coefficient (Wildman–Crippen LogP) is 3.54. The Labute approximate surface area is 163 Å². The van der Waals surface area contributed by atoms with Crippen LogP contribution in [0.3, 0.4) is 0 Å². The number of likely N-dealkylation sites (N-methyl/N-ethyl adjacent to an activating group) is 1. The van der Waals surface area contributed by atoms with E-state index >= 15 is 0 Å². The molecule has 4 nitrogen and oxygen atoms in total. The van der Waals surface area contributed by atoms with E-state index in [-0.39, 0.29) is 11.9 Å². The molecule has 1 amide bonds. The highest BCUT2D eigenvalue weighted by atomic mass is 16.3. The van der Waals surface area contributed by atoms with Gasteiger partial charge in [-0.3, -0.25) is 4.79 Å². The van der Waals surface area contributed by atoms with Gasteiger partial charge in [-0.1, -0.05) is 29.8 Å². The van der Waals surface area contributed by atoms with Crippen molar-refractivity contribution < 1.29 is 9.90 Å². The zero-order valence-electron chi connectivity index (χ0n) is 17.2. The molecular formula is C23H32N2O2.